The number of aliphatic hydroxyl groups is 1. The monoisotopic (exact) mass is 247 g/mol. The summed E-state index contributed by atoms with van der Waals surface area (Å²) in [6.07, 6.45) is 1.65. The summed E-state index contributed by atoms with van der Waals surface area (Å²) in [5.41, 5.74) is 1.90. The average molecular weight is 247 g/mol. The summed E-state index contributed by atoms with van der Waals surface area (Å²) in [5.74, 6) is 0.300. The summed E-state index contributed by atoms with van der Waals surface area (Å²) < 4.78 is 0. The molecule has 0 spiro atoms. The van der Waals surface area contributed by atoms with Gasteiger partial charge in [-0.25, -0.2) is 0 Å². The van der Waals surface area contributed by atoms with Gasteiger partial charge in [0.15, 0.2) is 0 Å². The molecule has 0 bridgehead atoms. The number of rotatable bonds is 2. The van der Waals surface area contributed by atoms with E-state index < -0.39 is 0 Å². The van der Waals surface area contributed by atoms with Gasteiger partial charge < -0.3 is 10.0 Å². The second kappa shape index (κ2) is 5.53. The molecule has 3 heteroatoms. The molecule has 0 radical (unpaired) electrons. The smallest absolute Gasteiger partial charge is 0.253 e. The van der Waals surface area contributed by atoms with Gasteiger partial charge in [0, 0.05) is 24.6 Å². The molecule has 0 saturated carbocycles. The van der Waals surface area contributed by atoms with Gasteiger partial charge >= 0.3 is 0 Å². The van der Waals surface area contributed by atoms with E-state index in [1.807, 2.05) is 43.0 Å². The highest BCUT2D eigenvalue weighted by Crippen LogP contribution is 2.21. The highest BCUT2D eigenvalue weighted by atomic mass is 16.3. The molecule has 1 aliphatic rings. The minimum atomic E-state index is -0.335. The topological polar surface area (TPSA) is 40.5 Å². The van der Waals surface area contributed by atoms with Gasteiger partial charge in [0.1, 0.15) is 0 Å². The van der Waals surface area contributed by atoms with Crippen molar-refractivity contribution >= 4 is 5.91 Å². The molecule has 18 heavy (non-hydrogen) atoms. The summed E-state index contributed by atoms with van der Waals surface area (Å²) >= 11 is 0. The number of aryl methyl sites for hydroxylation is 1. The van der Waals surface area contributed by atoms with Crippen molar-refractivity contribution in [1.29, 1.82) is 0 Å². The van der Waals surface area contributed by atoms with Gasteiger partial charge in [-0.2, -0.15) is 0 Å². The lowest BCUT2D eigenvalue weighted by Gasteiger charge is -2.34. The number of aliphatic hydroxyl groups excluding tert-OH is 1. The van der Waals surface area contributed by atoms with E-state index in [2.05, 4.69) is 0 Å². The van der Waals surface area contributed by atoms with Gasteiger partial charge in [0.2, 0.25) is 0 Å². The van der Waals surface area contributed by atoms with Gasteiger partial charge in [-0.1, -0.05) is 17.7 Å². The van der Waals surface area contributed by atoms with Gasteiger partial charge in [-0.05, 0) is 38.8 Å². The maximum absolute atomic E-state index is 12.3. The van der Waals surface area contributed by atoms with Crippen molar-refractivity contribution in [2.24, 2.45) is 5.92 Å². The Labute approximate surface area is 108 Å². The molecule has 1 aliphatic heterocycles. The van der Waals surface area contributed by atoms with E-state index in [-0.39, 0.29) is 17.9 Å². The van der Waals surface area contributed by atoms with E-state index in [9.17, 15) is 9.90 Å². The fraction of sp³-hybridized carbons (Fsp3) is 0.533. The highest BCUT2D eigenvalue weighted by Gasteiger charge is 2.26. The van der Waals surface area contributed by atoms with E-state index in [1.165, 1.54) is 0 Å². The average Bonchev–Trinajstić information content (AvgIpc) is 2.39. The Morgan fingerprint density at radius 1 is 1.39 bits per heavy atom. The van der Waals surface area contributed by atoms with Crippen LogP contribution in [0.2, 0.25) is 0 Å². The van der Waals surface area contributed by atoms with Crippen LogP contribution in [-0.4, -0.2) is 35.1 Å². The van der Waals surface area contributed by atoms with Crippen molar-refractivity contribution in [2.45, 2.75) is 32.8 Å². The van der Waals surface area contributed by atoms with Crippen LogP contribution in [0.4, 0.5) is 0 Å². The van der Waals surface area contributed by atoms with Crippen molar-refractivity contribution in [3.63, 3.8) is 0 Å². The SMILES string of the molecule is Cc1ccc(C(=O)N2CCCC(C(C)O)C2)cc1. The summed E-state index contributed by atoms with van der Waals surface area (Å²) in [6.45, 7) is 5.30. The molecule has 98 valence electrons. The maximum Gasteiger partial charge on any atom is 0.253 e. The van der Waals surface area contributed by atoms with Crippen LogP contribution in [0.3, 0.4) is 0 Å². The highest BCUT2D eigenvalue weighted by molar-refractivity contribution is 5.94. The zero-order chi connectivity index (χ0) is 13.1. The number of hydrogen-bond acceptors (Lipinski definition) is 2. The van der Waals surface area contributed by atoms with E-state index in [0.29, 0.717) is 6.54 Å². The summed E-state index contributed by atoms with van der Waals surface area (Å²) in [5, 5.41) is 9.65. The largest absolute Gasteiger partial charge is 0.393 e. The second-order valence-corrected chi connectivity index (χ2v) is 5.26. The van der Waals surface area contributed by atoms with Crippen LogP contribution in [0.25, 0.3) is 0 Å². The lowest BCUT2D eigenvalue weighted by atomic mass is 9.93. The van der Waals surface area contributed by atoms with Crippen LogP contribution < -0.4 is 0 Å². The number of carbonyl (C=O) groups is 1. The number of hydrogen-bond donors (Lipinski definition) is 1. The molecule has 1 aromatic carbocycles. The lowest BCUT2D eigenvalue weighted by Crippen LogP contribution is -2.42. The third-order valence-electron chi connectivity index (χ3n) is 3.73. The fourth-order valence-electron chi connectivity index (χ4n) is 2.47. The van der Waals surface area contributed by atoms with Crippen molar-refractivity contribution in [1.82, 2.24) is 4.90 Å². The second-order valence-electron chi connectivity index (χ2n) is 5.26. The van der Waals surface area contributed by atoms with Crippen molar-refractivity contribution in [3.05, 3.63) is 35.4 Å². The molecule has 3 nitrogen and oxygen atoms in total. The van der Waals surface area contributed by atoms with Gasteiger partial charge in [-0.3, -0.25) is 4.79 Å². The third-order valence-corrected chi connectivity index (χ3v) is 3.73. The van der Waals surface area contributed by atoms with E-state index in [0.717, 1.165) is 30.5 Å². The summed E-state index contributed by atoms with van der Waals surface area (Å²) in [4.78, 5) is 14.2. The van der Waals surface area contributed by atoms with Crippen LogP contribution in [0.1, 0.15) is 35.7 Å². The Morgan fingerprint density at radius 3 is 2.67 bits per heavy atom. The zero-order valence-corrected chi connectivity index (χ0v) is 11.1. The Morgan fingerprint density at radius 2 is 2.06 bits per heavy atom. The van der Waals surface area contributed by atoms with Crippen molar-refractivity contribution in [3.8, 4) is 0 Å². The zero-order valence-electron chi connectivity index (χ0n) is 11.1. The Hall–Kier alpha value is -1.35. The summed E-state index contributed by atoms with van der Waals surface area (Å²) in [6, 6.07) is 7.68. The van der Waals surface area contributed by atoms with E-state index in [4.69, 9.17) is 0 Å². The quantitative estimate of drug-likeness (QED) is 0.870. The van der Waals surface area contributed by atoms with Crippen LogP contribution in [0.15, 0.2) is 24.3 Å². The van der Waals surface area contributed by atoms with Crippen LogP contribution >= 0.6 is 0 Å². The molecule has 1 amide bonds. The predicted octanol–water partition coefficient (Wildman–Crippen LogP) is 2.23. The Bertz CT molecular complexity index is 411. The molecule has 2 rings (SSSR count). The van der Waals surface area contributed by atoms with Crippen molar-refractivity contribution in [2.75, 3.05) is 13.1 Å². The van der Waals surface area contributed by atoms with E-state index >= 15 is 0 Å². The number of carbonyl (C=O) groups excluding carboxylic acids is 1. The number of piperidine rings is 1. The molecular formula is C15H21NO2. The minimum absolute atomic E-state index is 0.0837. The maximum atomic E-state index is 12.3. The first-order chi connectivity index (χ1) is 8.58. The first kappa shape index (κ1) is 13.1. The molecule has 1 N–H and O–H groups in total. The molecular weight excluding hydrogens is 226 g/mol. The number of nitrogens with zero attached hydrogens (tertiary/aromatic N) is 1. The molecule has 0 aromatic heterocycles. The number of benzene rings is 1. The van der Waals surface area contributed by atoms with E-state index in [1.54, 1.807) is 0 Å². The molecule has 2 unspecified atom stereocenters. The van der Waals surface area contributed by atoms with Gasteiger partial charge in [-0.15, -0.1) is 0 Å². The Balaban J connectivity index is 2.06. The third kappa shape index (κ3) is 2.91. The molecule has 1 aromatic rings. The van der Waals surface area contributed by atoms with Crippen LogP contribution in [-0.2, 0) is 0 Å². The predicted molar refractivity (Wildman–Crippen MR) is 71.5 cm³/mol. The molecule has 0 aliphatic carbocycles. The Kier molecular flexibility index (Phi) is 4.02. The standard InChI is InChI=1S/C15H21NO2/c1-11-5-7-13(8-6-11)15(18)16-9-3-4-14(10-16)12(2)17/h5-8,12,14,17H,3-4,9-10H2,1-2H3. The first-order valence-corrected chi connectivity index (χ1v) is 6.62. The molecule has 1 saturated heterocycles. The fourth-order valence-corrected chi connectivity index (χ4v) is 2.47. The summed E-state index contributed by atoms with van der Waals surface area (Å²) in [7, 11) is 0. The van der Waals surface area contributed by atoms with Gasteiger partial charge in [0.25, 0.3) is 5.91 Å². The lowest BCUT2D eigenvalue weighted by molar-refractivity contribution is 0.0466. The minimum Gasteiger partial charge on any atom is -0.393 e. The van der Waals surface area contributed by atoms with Crippen LogP contribution in [0.5, 0.6) is 0 Å². The molecule has 1 fully saturated rings. The number of likely N-dealkylation sites (tertiary alicyclic amines) is 1. The van der Waals surface area contributed by atoms with Crippen LogP contribution in [0, 0.1) is 12.8 Å². The molecule has 2 atom stereocenters. The van der Waals surface area contributed by atoms with Gasteiger partial charge in [0.05, 0.1) is 6.10 Å². The first-order valence-electron chi connectivity index (χ1n) is 6.62. The number of amides is 1. The molecule has 1 heterocycles. The normalized spacial score (nSPS) is 21.7. The van der Waals surface area contributed by atoms with Crippen molar-refractivity contribution < 1.29 is 9.90 Å².